The molecule has 0 atom stereocenters. The number of amides is 2. The van der Waals surface area contributed by atoms with Crippen LogP contribution in [0.3, 0.4) is 0 Å². The molecule has 6 heteroatoms. The molecule has 0 aromatic heterocycles. The van der Waals surface area contributed by atoms with Crippen LogP contribution in [0.15, 0.2) is 42.5 Å². The number of anilines is 1. The van der Waals surface area contributed by atoms with E-state index in [9.17, 15) is 9.59 Å². The standard InChI is InChI=1S/C24H30ClN3O2/c1-17-5-10-20(25)15-21(17)27-11-13-28(14-12-27)22(29)16-26-23(30)18-6-8-19(9-7-18)24(2,3)4/h5-10,15H,11-14,16H2,1-4H3,(H,26,30). The molecule has 2 amide bonds. The molecule has 1 saturated heterocycles. The Morgan fingerprint density at radius 2 is 1.63 bits per heavy atom. The highest BCUT2D eigenvalue weighted by molar-refractivity contribution is 6.30. The van der Waals surface area contributed by atoms with Crippen molar-refractivity contribution in [3.05, 3.63) is 64.2 Å². The van der Waals surface area contributed by atoms with Gasteiger partial charge in [-0.15, -0.1) is 0 Å². The summed E-state index contributed by atoms with van der Waals surface area (Å²) in [7, 11) is 0. The zero-order chi connectivity index (χ0) is 21.9. The zero-order valence-corrected chi connectivity index (χ0v) is 18.9. The minimum atomic E-state index is -0.225. The lowest BCUT2D eigenvalue weighted by molar-refractivity contribution is -0.130. The van der Waals surface area contributed by atoms with Crippen molar-refractivity contribution in [1.82, 2.24) is 10.2 Å². The van der Waals surface area contributed by atoms with E-state index in [4.69, 9.17) is 11.6 Å². The molecule has 1 aliphatic heterocycles. The Balaban J connectivity index is 1.50. The summed E-state index contributed by atoms with van der Waals surface area (Å²) in [5, 5.41) is 3.47. The molecule has 1 heterocycles. The number of hydrogen-bond donors (Lipinski definition) is 1. The zero-order valence-electron chi connectivity index (χ0n) is 18.2. The van der Waals surface area contributed by atoms with Gasteiger partial charge in [0.1, 0.15) is 0 Å². The van der Waals surface area contributed by atoms with Crippen molar-refractivity contribution in [2.45, 2.75) is 33.1 Å². The summed E-state index contributed by atoms with van der Waals surface area (Å²) in [5.41, 5.74) is 4.06. The van der Waals surface area contributed by atoms with Crippen molar-refractivity contribution in [3.8, 4) is 0 Å². The number of carbonyl (C=O) groups excluding carboxylic acids is 2. The van der Waals surface area contributed by atoms with Gasteiger partial charge >= 0.3 is 0 Å². The largest absolute Gasteiger partial charge is 0.368 e. The van der Waals surface area contributed by atoms with Crippen LogP contribution in [-0.4, -0.2) is 49.4 Å². The predicted octanol–water partition coefficient (Wildman–Crippen LogP) is 4.02. The Morgan fingerprint density at radius 3 is 2.23 bits per heavy atom. The van der Waals surface area contributed by atoms with Gasteiger partial charge in [0.25, 0.3) is 5.91 Å². The molecule has 0 bridgehead atoms. The van der Waals surface area contributed by atoms with Crippen LogP contribution in [0.1, 0.15) is 42.3 Å². The third-order valence-electron chi connectivity index (χ3n) is 5.56. The first-order valence-corrected chi connectivity index (χ1v) is 10.7. The first-order valence-electron chi connectivity index (χ1n) is 10.3. The molecule has 30 heavy (non-hydrogen) atoms. The number of nitrogens with one attached hydrogen (secondary N) is 1. The molecule has 1 fully saturated rings. The number of halogens is 1. The predicted molar refractivity (Wildman–Crippen MR) is 122 cm³/mol. The first kappa shape index (κ1) is 22.2. The van der Waals surface area contributed by atoms with Crippen LogP contribution in [-0.2, 0) is 10.2 Å². The Bertz CT molecular complexity index is 911. The van der Waals surface area contributed by atoms with E-state index < -0.39 is 0 Å². The van der Waals surface area contributed by atoms with E-state index in [1.165, 1.54) is 11.1 Å². The molecule has 5 nitrogen and oxygen atoms in total. The number of piperazine rings is 1. The lowest BCUT2D eigenvalue weighted by atomic mass is 9.87. The Hall–Kier alpha value is -2.53. The molecule has 1 N–H and O–H groups in total. The molecule has 0 radical (unpaired) electrons. The van der Waals surface area contributed by atoms with Gasteiger partial charge in [-0.2, -0.15) is 0 Å². The van der Waals surface area contributed by atoms with Crippen LogP contribution in [0.5, 0.6) is 0 Å². The number of benzene rings is 2. The number of aryl methyl sites for hydroxylation is 1. The van der Waals surface area contributed by atoms with Crippen LogP contribution in [0.2, 0.25) is 5.02 Å². The smallest absolute Gasteiger partial charge is 0.251 e. The molecule has 0 unspecified atom stereocenters. The van der Waals surface area contributed by atoms with Gasteiger partial charge < -0.3 is 15.1 Å². The SMILES string of the molecule is Cc1ccc(Cl)cc1N1CCN(C(=O)CNC(=O)c2ccc(C(C)(C)C)cc2)CC1. The summed E-state index contributed by atoms with van der Waals surface area (Å²) in [6.07, 6.45) is 0. The molecular formula is C24H30ClN3O2. The quantitative estimate of drug-likeness (QED) is 0.801. The molecule has 2 aromatic rings. The maximum Gasteiger partial charge on any atom is 0.251 e. The summed E-state index contributed by atoms with van der Waals surface area (Å²) < 4.78 is 0. The molecular weight excluding hydrogens is 398 g/mol. The van der Waals surface area contributed by atoms with Gasteiger partial charge in [0.2, 0.25) is 5.91 Å². The number of hydrogen-bond acceptors (Lipinski definition) is 3. The Morgan fingerprint density at radius 1 is 1.00 bits per heavy atom. The highest BCUT2D eigenvalue weighted by Crippen LogP contribution is 2.25. The minimum Gasteiger partial charge on any atom is -0.368 e. The lowest BCUT2D eigenvalue weighted by Gasteiger charge is -2.37. The van der Waals surface area contributed by atoms with Gasteiger partial charge in [-0.25, -0.2) is 0 Å². The maximum atomic E-state index is 12.6. The van der Waals surface area contributed by atoms with Gasteiger partial charge in [-0.3, -0.25) is 9.59 Å². The average Bonchev–Trinajstić information content (AvgIpc) is 2.73. The average molecular weight is 428 g/mol. The van der Waals surface area contributed by atoms with Crippen LogP contribution < -0.4 is 10.2 Å². The molecule has 3 rings (SSSR count). The van der Waals surface area contributed by atoms with Crippen molar-refractivity contribution in [3.63, 3.8) is 0 Å². The minimum absolute atomic E-state index is 0.00997. The van der Waals surface area contributed by atoms with E-state index in [1.807, 2.05) is 42.5 Å². The third-order valence-corrected chi connectivity index (χ3v) is 5.79. The summed E-state index contributed by atoms with van der Waals surface area (Å²) in [5.74, 6) is -0.283. The van der Waals surface area contributed by atoms with E-state index in [0.717, 1.165) is 18.8 Å². The molecule has 0 saturated carbocycles. The monoisotopic (exact) mass is 427 g/mol. The van der Waals surface area contributed by atoms with Crippen LogP contribution in [0.4, 0.5) is 5.69 Å². The summed E-state index contributed by atoms with van der Waals surface area (Å²) >= 11 is 6.14. The van der Waals surface area contributed by atoms with E-state index in [-0.39, 0.29) is 23.8 Å². The van der Waals surface area contributed by atoms with Crippen molar-refractivity contribution in [2.75, 3.05) is 37.6 Å². The van der Waals surface area contributed by atoms with Crippen LogP contribution >= 0.6 is 11.6 Å². The van der Waals surface area contributed by atoms with Gasteiger partial charge in [0, 0.05) is 42.5 Å². The van der Waals surface area contributed by atoms with Gasteiger partial charge in [-0.1, -0.05) is 50.6 Å². The molecule has 0 aliphatic carbocycles. The third kappa shape index (κ3) is 5.33. The van der Waals surface area contributed by atoms with E-state index in [0.29, 0.717) is 23.7 Å². The van der Waals surface area contributed by atoms with Gasteiger partial charge in [-0.05, 0) is 47.7 Å². The second-order valence-electron chi connectivity index (χ2n) is 8.81. The van der Waals surface area contributed by atoms with Crippen molar-refractivity contribution < 1.29 is 9.59 Å². The fourth-order valence-corrected chi connectivity index (χ4v) is 3.78. The Labute approximate surface area is 184 Å². The molecule has 0 spiro atoms. The topological polar surface area (TPSA) is 52.6 Å². The highest BCUT2D eigenvalue weighted by Gasteiger charge is 2.23. The first-order chi connectivity index (χ1) is 14.1. The van der Waals surface area contributed by atoms with Crippen molar-refractivity contribution in [1.29, 1.82) is 0 Å². The maximum absolute atomic E-state index is 12.6. The van der Waals surface area contributed by atoms with Gasteiger partial charge in [0.05, 0.1) is 6.54 Å². The Kier molecular flexibility index (Phi) is 6.71. The number of nitrogens with zero attached hydrogens (tertiary/aromatic N) is 2. The molecule has 160 valence electrons. The van der Waals surface area contributed by atoms with Crippen molar-refractivity contribution in [2.24, 2.45) is 0 Å². The normalized spacial score (nSPS) is 14.6. The number of rotatable bonds is 4. The highest BCUT2D eigenvalue weighted by atomic mass is 35.5. The van der Waals surface area contributed by atoms with Crippen LogP contribution in [0, 0.1) is 6.92 Å². The lowest BCUT2D eigenvalue weighted by Crippen LogP contribution is -2.51. The molecule has 2 aromatic carbocycles. The van der Waals surface area contributed by atoms with E-state index >= 15 is 0 Å². The van der Waals surface area contributed by atoms with Crippen LogP contribution in [0.25, 0.3) is 0 Å². The second-order valence-corrected chi connectivity index (χ2v) is 9.25. The summed E-state index contributed by atoms with van der Waals surface area (Å²) in [4.78, 5) is 29.0. The fourth-order valence-electron chi connectivity index (χ4n) is 3.61. The van der Waals surface area contributed by atoms with E-state index in [1.54, 1.807) is 4.90 Å². The summed E-state index contributed by atoms with van der Waals surface area (Å²) in [6, 6.07) is 13.4. The summed E-state index contributed by atoms with van der Waals surface area (Å²) in [6.45, 7) is 11.2. The fraction of sp³-hybridized carbons (Fsp3) is 0.417. The van der Waals surface area contributed by atoms with E-state index in [2.05, 4.69) is 37.9 Å². The molecule has 1 aliphatic rings. The second kappa shape index (κ2) is 9.09. The van der Waals surface area contributed by atoms with Gasteiger partial charge in [0.15, 0.2) is 0 Å². The van der Waals surface area contributed by atoms with Crippen molar-refractivity contribution >= 4 is 29.1 Å². The number of carbonyl (C=O) groups is 2.